The van der Waals surface area contributed by atoms with Crippen molar-refractivity contribution in [3.05, 3.63) is 125 Å². The molecular weight excluding hydrogens is 571 g/mol. The molecule has 1 atom stereocenters. The number of ether oxygens (including phenoxy) is 2. The van der Waals surface area contributed by atoms with E-state index in [4.69, 9.17) is 9.47 Å². The van der Waals surface area contributed by atoms with Crippen LogP contribution in [-0.2, 0) is 37.1 Å². The van der Waals surface area contributed by atoms with Gasteiger partial charge in [0.15, 0.2) is 0 Å². The molecule has 0 heterocycles. The van der Waals surface area contributed by atoms with Crippen LogP contribution in [0.25, 0.3) is 11.1 Å². The molecule has 6 nitrogen and oxygen atoms in total. The van der Waals surface area contributed by atoms with E-state index in [1.54, 1.807) is 93.7 Å². The van der Waals surface area contributed by atoms with Crippen LogP contribution in [0.1, 0.15) is 40.9 Å². The van der Waals surface area contributed by atoms with Crippen LogP contribution in [-0.4, -0.2) is 38.1 Å². The SMILES string of the molecule is CCOC(=O)C(C)(COC(=O)Cc1ccc(N(C)C(=O)c2ccccc2-c2ccc(C(F)(F)F)cc2)cc1)c1ccccc1. The molecule has 4 rings (SSSR count). The topological polar surface area (TPSA) is 72.9 Å². The van der Waals surface area contributed by atoms with Gasteiger partial charge >= 0.3 is 18.1 Å². The Morgan fingerprint density at radius 1 is 0.750 bits per heavy atom. The van der Waals surface area contributed by atoms with E-state index in [1.165, 1.54) is 17.0 Å². The predicted molar refractivity (Wildman–Crippen MR) is 161 cm³/mol. The number of halogens is 3. The van der Waals surface area contributed by atoms with E-state index < -0.39 is 29.1 Å². The summed E-state index contributed by atoms with van der Waals surface area (Å²) in [5, 5.41) is 0. The Hall–Kier alpha value is -4.92. The summed E-state index contributed by atoms with van der Waals surface area (Å²) in [7, 11) is 1.59. The quantitative estimate of drug-likeness (QED) is 0.179. The Labute approximate surface area is 254 Å². The van der Waals surface area contributed by atoms with Crippen LogP contribution >= 0.6 is 0 Å². The van der Waals surface area contributed by atoms with Crippen molar-refractivity contribution in [2.24, 2.45) is 0 Å². The molecule has 44 heavy (non-hydrogen) atoms. The van der Waals surface area contributed by atoms with Crippen LogP contribution in [0.4, 0.5) is 18.9 Å². The summed E-state index contributed by atoms with van der Waals surface area (Å²) in [4.78, 5) is 40.4. The van der Waals surface area contributed by atoms with E-state index in [-0.39, 0.29) is 25.5 Å². The molecule has 0 fully saturated rings. The van der Waals surface area contributed by atoms with Gasteiger partial charge in [-0.05, 0) is 66.4 Å². The van der Waals surface area contributed by atoms with Gasteiger partial charge < -0.3 is 14.4 Å². The first kappa shape index (κ1) is 32.0. The minimum absolute atomic E-state index is 0.0532. The third-order valence-corrected chi connectivity index (χ3v) is 7.32. The van der Waals surface area contributed by atoms with Crippen LogP contribution < -0.4 is 4.90 Å². The average Bonchev–Trinajstić information content (AvgIpc) is 3.03. The zero-order chi connectivity index (χ0) is 31.9. The predicted octanol–water partition coefficient (Wildman–Crippen LogP) is 7.26. The van der Waals surface area contributed by atoms with E-state index in [9.17, 15) is 27.6 Å². The molecule has 228 valence electrons. The van der Waals surface area contributed by atoms with Gasteiger partial charge in [-0.15, -0.1) is 0 Å². The lowest BCUT2D eigenvalue weighted by atomic mass is 9.83. The summed E-state index contributed by atoms with van der Waals surface area (Å²) in [6.07, 6.45) is -4.51. The lowest BCUT2D eigenvalue weighted by Gasteiger charge is -2.27. The van der Waals surface area contributed by atoms with E-state index in [0.29, 0.717) is 33.5 Å². The van der Waals surface area contributed by atoms with Crippen molar-refractivity contribution < 1.29 is 37.0 Å². The molecule has 0 bridgehead atoms. The fourth-order valence-electron chi connectivity index (χ4n) is 4.69. The van der Waals surface area contributed by atoms with Gasteiger partial charge in [0.2, 0.25) is 0 Å². The highest BCUT2D eigenvalue weighted by Crippen LogP contribution is 2.32. The van der Waals surface area contributed by atoms with Crippen LogP contribution in [0.2, 0.25) is 0 Å². The molecule has 0 saturated carbocycles. The third kappa shape index (κ3) is 7.34. The van der Waals surface area contributed by atoms with Crippen molar-refractivity contribution in [3.8, 4) is 11.1 Å². The van der Waals surface area contributed by atoms with E-state index in [2.05, 4.69) is 0 Å². The number of nitrogens with zero attached hydrogens (tertiary/aromatic N) is 1. The van der Waals surface area contributed by atoms with Crippen molar-refractivity contribution in [3.63, 3.8) is 0 Å². The fraction of sp³-hybridized carbons (Fsp3) is 0.229. The number of amides is 1. The molecule has 0 N–H and O–H groups in total. The molecule has 1 amide bonds. The summed E-state index contributed by atoms with van der Waals surface area (Å²) in [5.41, 5.74) is 1.23. The minimum Gasteiger partial charge on any atom is -0.465 e. The normalized spacial score (nSPS) is 12.6. The van der Waals surface area contributed by atoms with Crippen molar-refractivity contribution in [1.29, 1.82) is 0 Å². The second kappa shape index (κ2) is 13.6. The lowest BCUT2D eigenvalue weighted by molar-refractivity contribution is -0.156. The number of esters is 2. The fourth-order valence-corrected chi connectivity index (χ4v) is 4.69. The van der Waals surface area contributed by atoms with Crippen LogP contribution in [0, 0.1) is 0 Å². The molecule has 4 aromatic carbocycles. The Balaban J connectivity index is 1.43. The average molecular weight is 604 g/mol. The second-order valence-corrected chi connectivity index (χ2v) is 10.4. The third-order valence-electron chi connectivity index (χ3n) is 7.32. The van der Waals surface area contributed by atoms with Crippen molar-refractivity contribution >= 4 is 23.5 Å². The molecule has 0 radical (unpaired) electrons. The minimum atomic E-state index is -4.46. The maximum atomic E-state index is 13.5. The molecule has 0 aliphatic heterocycles. The number of alkyl halides is 3. The zero-order valence-electron chi connectivity index (χ0n) is 24.6. The van der Waals surface area contributed by atoms with Crippen LogP contribution in [0.5, 0.6) is 0 Å². The van der Waals surface area contributed by atoms with Gasteiger partial charge in [0.05, 0.1) is 18.6 Å². The van der Waals surface area contributed by atoms with E-state index in [0.717, 1.165) is 12.1 Å². The Morgan fingerprint density at radius 3 is 1.98 bits per heavy atom. The standard InChI is InChI=1S/C35H32F3NO5/c1-4-43-33(42)34(2,26-10-6-5-7-11-26)23-44-31(40)22-24-14-20-28(21-15-24)39(3)32(41)30-13-9-8-12-29(30)25-16-18-27(19-17-25)35(36,37)38/h5-21H,4,22-23H2,1-3H3. The molecule has 0 aliphatic rings. The van der Waals surface area contributed by atoms with Crippen molar-refractivity contribution in [1.82, 2.24) is 0 Å². The number of carbonyl (C=O) groups is 3. The number of anilines is 1. The molecule has 0 aromatic heterocycles. The van der Waals surface area contributed by atoms with Crippen LogP contribution in [0.3, 0.4) is 0 Å². The first-order chi connectivity index (χ1) is 20.9. The van der Waals surface area contributed by atoms with Gasteiger partial charge in [0.25, 0.3) is 5.91 Å². The highest BCUT2D eigenvalue weighted by atomic mass is 19.4. The van der Waals surface area contributed by atoms with Gasteiger partial charge in [-0.3, -0.25) is 14.4 Å². The van der Waals surface area contributed by atoms with E-state index >= 15 is 0 Å². The Kier molecular flexibility index (Phi) is 9.88. The van der Waals surface area contributed by atoms with Crippen molar-refractivity contribution in [2.45, 2.75) is 31.9 Å². The van der Waals surface area contributed by atoms with Gasteiger partial charge in [-0.1, -0.05) is 72.8 Å². The largest absolute Gasteiger partial charge is 0.465 e. The molecule has 9 heteroatoms. The number of hydrogen-bond acceptors (Lipinski definition) is 5. The summed E-state index contributed by atoms with van der Waals surface area (Å²) in [6, 6.07) is 27.1. The molecule has 0 spiro atoms. The number of benzene rings is 4. The summed E-state index contributed by atoms with van der Waals surface area (Å²) >= 11 is 0. The molecule has 0 saturated heterocycles. The summed E-state index contributed by atoms with van der Waals surface area (Å²) < 4.78 is 49.8. The number of rotatable bonds is 10. The Morgan fingerprint density at radius 2 is 1.36 bits per heavy atom. The highest BCUT2D eigenvalue weighted by molar-refractivity contribution is 6.10. The Bertz CT molecular complexity index is 1600. The van der Waals surface area contributed by atoms with Crippen molar-refractivity contribution in [2.75, 3.05) is 25.2 Å². The second-order valence-electron chi connectivity index (χ2n) is 10.4. The zero-order valence-corrected chi connectivity index (χ0v) is 24.6. The van der Waals surface area contributed by atoms with Gasteiger partial charge in [0.1, 0.15) is 12.0 Å². The van der Waals surface area contributed by atoms with Crippen LogP contribution in [0.15, 0.2) is 103 Å². The van der Waals surface area contributed by atoms with Gasteiger partial charge in [0, 0.05) is 18.3 Å². The highest BCUT2D eigenvalue weighted by Gasteiger charge is 2.38. The first-order valence-corrected chi connectivity index (χ1v) is 14.0. The van der Waals surface area contributed by atoms with Gasteiger partial charge in [-0.25, -0.2) is 0 Å². The number of hydrogen-bond donors (Lipinski definition) is 0. The molecule has 4 aromatic rings. The lowest BCUT2D eigenvalue weighted by Crippen LogP contribution is -2.40. The summed E-state index contributed by atoms with van der Waals surface area (Å²) in [6.45, 7) is 3.38. The molecule has 0 aliphatic carbocycles. The number of carbonyl (C=O) groups excluding carboxylic acids is 3. The first-order valence-electron chi connectivity index (χ1n) is 14.0. The van der Waals surface area contributed by atoms with Gasteiger partial charge in [-0.2, -0.15) is 13.2 Å². The maximum absolute atomic E-state index is 13.5. The van der Waals surface area contributed by atoms with E-state index in [1.807, 2.05) is 6.07 Å². The molecular formula is C35H32F3NO5. The monoisotopic (exact) mass is 603 g/mol. The maximum Gasteiger partial charge on any atom is 0.416 e. The molecule has 1 unspecified atom stereocenters. The smallest absolute Gasteiger partial charge is 0.416 e. The summed E-state index contributed by atoms with van der Waals surface area (Å²) in [5.74, 6) is -1.37.